The number of nitrogens with two attached hydrogens (primary N) is 1. The molecule has 5 atom stereocenters. The molecule has 2 heterocycles. The molecule has 5 amide bonds. The van der Waals surface area contributed by atoms with Crippen LogP contribution in [0, 0.1) is 23.2 Å². The highest BCUT2D eigenvalue weighted by Gasteiger charge is 2.47. The van der Waals surface area contributed by atoms with Gasteiger partial charge in [0.05, 0.1) is 6.04 Å². The Hall–Kier alpha value is -3.04. The molecule has 1 unspecified atom stereocenters. The minimum absolute atomic E-state index is 0.00680. The average molecular weight is 725 g/mol. The molecule has 1 aliphatic carbocycles. The van der Waals surface area contributed by atoms with Crippen LogP contribution in [0.2, 0.25) is 0 Å². The first kappa shape index (κ1) is 40.4. The van der Waals surface area contributed by atoms with E-state index in [1.54, 1.807) is 11.4 Å². The summed E-state index contributed by atoms with van der Waals surface area (Å²) in [5, 5.41) is 10.3. The van der Waals surface area contributed by atoms with Gasteiger partial charge in [0.15, 0.2) is 0 Å². The Morgan fingerprint density at radius 2 is 1.71 bits per heavy atom. The van der Waals surface area contributed by atoms with Crippen LogP contribution >= 0.6 is 11.3 Å². The quantitative estimate of drug-likeness (QED) is 0.188. The van der Waals surface area contributed by atoms with Crippen LogP contribution in [0.25, 0.3) is 0 Å². The van der Waals surface area contributed by atoms with Crippen molar-refractivity contribution in [2.24, 2.45) is 28.9 Å². The zero-order chi connectivity index (χ0) is 36.7. The summed E-state index contributed by atoms with van der Waals surface area (Å²) in [5.74, 6) is -3.21. The highest BCUT2D eigenvalue weighted by Crippen LogP contribution is 2.35. The van der Waals surface area contributed by atoms with Gasteiger partial charge in [-0.05, 0) is 60.3 Å². The molecule has 0 aromatic carbocycles. The first-order valence-electron chi connectivity index (χ1n) is 17.4. The van der Waals surface area contributed by atoms with Crippen molar-refractivity contribution in [1.29, 1.82) is 0 Å². The number of rotatable bonds is 16. The number of thiophene rings is 1. The summed E-state index contributed by atoms with van der Waals surface area (Å²) in [4.78, 5) is 68.0. The van der Waals surface area contributed by atoms with Gasteiger partial charge in [-0.1, -0.05) is 73.3 Å². The number of primary amides is 1. The van der Waals surface area contributed by atoms with Crippen LogP contribution in [0.1, 0.15) is 92.9 Å². The number of unbranched alkanes of at least 4 members (excludes halogenated alkanes) is 1. The van der Waals surface area contributed by atoms with Crippen molar-refractivity contribution in [3.05, 3.63) is 17.5 Å². The molecule has 276 valence electrons. The lowest BCUT2D eigenvalue weighted by molar-refractivity contribution is -0.143. The Kier molecular flexibility index (Phi) is 14.2. The Balaban J connectivity index is 1.85. The zero-order valence-corrected chi connectivity index (χ0v) is 31.6. The fourth-order valence-corrected chi connectivity index (χ4v) is 9.24. The van der Waals surface area contributed by atoms with Crippen molar-refractivity contribution >= 4 is 50.9 Å². The van der Waals surface area contributed by atoms with Crippen LogP contribution in [0.15, 0.2) is 21.7 Å². The first-order chi connectivity index (χ1) is 22.9. The fourth-order valence-electron chi connectivity index (χ4n) is 6.85. The van der Waals surface area contributed by atoms with E-state index in [1.807, 2.05) is 41.5 Å². The number of carbonyl (C=O) groups is 5. The summed E-state index contributed by atoms with van der Waals surface area (Å²) in [5.41, 5.74) is 4.75. The van der Waals surface area contributed by atoms with E-state index in [-0.39, 0.29) is 40.8 Å². The molecule has 1 aromatic heterocycles. The van der Waals surface area contributed by atoms with Crippen LogP contribution in [0.5, 0.6) is 0 Å². The second kappa shape index (κ2) is 17.3. The molecule has 1 aromatic rings. The topological polar surface area (TPSA) is 188 Å². The van der Waals surface area contributed by atoms with Crippen LogP contribution < -0.4 is 21.7 Å². The van der Waals surface area contributed by atoms with E-state index in [1.165, 1.54) is 22.3 Å². The number of hydrogen-bond acceptors (Lipinski definition) is 8. The number of hydrogen-bond donors (Lipinski definition) is 4. The van der Waals surface area contributed by atoms with Gasteiger partial charge >= 0.3 is 6.03 Å². The number of nitrogens with zero attached hydrogens (tertiary/aromatic N) is 2. The number of nitrogens with one attached hydrogen (secondary N) is 3. The third-order valence-electron chi connectivity index (χ3n) is 9.95. The largest absolute Gasteiger partial charge is 0.363 e. The highest BCUT2D eigenvalue weighted by molar-refractivity contribution is 7.91. The summed E-state index contributed by atoms with van der Waals surface area (Å²) < 4.78 is 27.8. The predicted molar refractivity (Wildman–Crippen MR) is 189 cm³/mol. The predicted octanol–water partition coefficient (Wildman–Crippen LogP) is 3.24. The van der Waals surface area contributed by atoms with E-state index < -0.39 is 63.2 Å². The number of sulfonamides is 1. The van der Waals surface area contributed by atoms with Crippen LogP contribution in [-0.2, 0) is 29.2 Å². The number of likely N-dealkylation sites (N-methyl/N-ethyl adjacent to an activating group) is 1. The Labute approximate surface area is 295 Å². The molecule has 2 fully saturated rings. The molecule has 0 radical (unpaired) electrons. The number of likely N-dealkylation sites (tertiary alicyclic amines) is 1. The van der Waals surface area contributed by atoms with Gasteiger partial charge in [0, 0.05) is 26.2 Å². The number of amides is 5. The molecule has 2 aliphatic rings. The molecular weight excluding hydrogens is 669 g/mol. The van der Waals surface area contributed by atoms with Gasteiger partial charge < -0.3 is 26.6 Å². The molecule has 1 saturated heterocycles. The molecule has 3 rings (SSSR count). The van der Waals surface area contributed by atoms with Crippen LogP contribution in [0.3, 0.4) is 0 Å². The molecule has 0 bridgehead atoms. The minimum atomic E-state index is -3.76. The average Bonchev–Trinajstić information content (AvgIpc) is 3.82. The van der Waals surface area contributed by atoms with Gasteiger partial charge in [-0.3, -0.25) is 19.2 Å². The molecule has 13 nitrogen and oxygen atoms in total. The fraction of sp³-hybridized carbons (Fsp3) is 0.735. The maximum absolute atomic E-state index is 14.5. The molecule has 15 heteroatoms. The number of carbonyl (C=O) groups excluding carboxylic acids is 5. The van der Waals surface area contributed by atoms with E-state index in [4.69, 9.17) is 5.73 Å². The molecular formula is C34H56N6O7S2. The Morgan fingerprint density at radius 3 is 2.24 bits per heavy atom. The molecule has 1 saturated carbocycles. The third-order valence-corrected chi connectivity index (χ3v) is 13.1. The standard InChI is InChI=1S/C34H56N6O7S2/c1-8-9-15-24(29(41)30(35)42)36-31(43)28-23(21(2)3)17-18-40(28)32(44)27(22-13-10-11-14-22)38-33(45)37-25(34(4,5)6)20-39(7)49(46,47)26-16-12-19-48-26/h12,16,19,21-25,27-28H,8-11,13-15,17-18,20H2,1-7H3,(H2,35,42)(H,36,43)(H2,37,38,45)/t23-,24?,25-,27+,28+/m1/s1. The van der Waals surface area contributed by atoms with Crippen molar-refractivity contribution in [2.45, 2.75) is 121 Å². The first-order valence-corrected chi connectivity index (χ1v) is 19.7. The highest BCUT2D eigenvalue weighted by atomic mass is 32.2. The van der Waals surface area contributed by atoms with Gasteiger partial charge in [-0.25, -0.2) is 13.2 Å². The summed E-state index contributed by atoms with van der Waals surface area (Å²) in [6.45, 7) is 11.9. The summed E-state index contributed by atoms with van der Waals surface area (Å²) in [6, 6.07) is -0.895. The van der Waals surface area contributed by atoms with E-state index in [0.29, 0.717) is 19.4 Å². The lowest BCUT2D eigenvalue weighted by Crippen LogP contribution is -2.61. The van der Waals surface area contributed by atoms with Gasteiger partial charge in [-0.2, -0.15) is 4.31 Å². The molecule has 5 N–H and O–H groups in total. The summed E-state index contributed by atoms with van der Waals surface area (Å²) >= 11 is 1.12. The van der Waals surface area contributed by atoms with E-state index in [9.17, 15) is 32.4 Å². The van der Waals surface area contributed by atoms with Gasteiger partial charge in [0.1, 0.15) is 16.3 Å². The second-order valence-electron chi connectivity index (χ2n) is 14.9. The Bertz CT molecular complexity index is 1420. The number of ketones is 1. The van der Waals surface area contributed by atoms with Crippen molar-refractivity contribution in [1.82, 2.24) is 25.2 Å². The van der Waals surface area contributed by atoms with Crippen LogP contribution in [0.4, 0.5) is 4.79 Å². The maximum atomic E-state index is 14.5. The van der Waals surface area contributed by atoms with E-state index in [2.05, 4.69) is 16.0 Å². The second-order valence-corrected chi connectivity index (χ2v) is 18.1. The molecule has 1 aliphatic heterocycles. The lowest BCUT2D eigenvalue weighted by Gasteiger charge is -2.36. The SMILES string of the molecule is CCCCC(NC(=O)[C@@H]1[C@@H](C(C)C)CCN1C(=O)[C@@H](NC(=O)N[C@H](CN(C)S(=O)(=O)c1cccs1)C(C)(C)C)C1CCCC1)C(=O)C(N)=O. The van der Waals surface area contributed by atoms with Crippen LogP contribution in [-0.4, -0.2) is 91.5 Å². The molecule has 0 spiro atoms. The number of Topliss-reactive ketones (excluding diaryl/α,β-unsaturated/α-hetero) is 1. The molecule has 49 heavy (non-hydrogen) atoms. The zero-order valence-electron chi connectivity index (χ0n) is 30.0. The lowest BCUT2D eigenvalue weighted by atomic mass is 9.86. The normalized spacial score (nSPS) is 20.6. The minimum Gasteiger partial charge on any atom is -0.363 e. The summed E-state index contributed by atoms with van der Waals surface area (Å²) in [7, 11) is -2.29. The van der Waals surface area contributed by atoms with Gasteiger partial charge in [-0.15, -0.1) is 11.3 Å². The number of urea groups is 1. The van der Waals surface area contributed by atoms with E-state index in [0.717, 1.165) is 43.4 Å². The summed E-state index contributed by atoms with van der Waals surface area (Å²) in [6.07, 6.45) is 5.42. The van der Waals surface area contributed by atoms with Crippen molar-refractivity contribution in [3.8, 4) is 0 Å². The smallest absolute Gasteiger partial charge is 0.315 e. The third kappa shape index (κ3) is 10.3. The van der Waals surface area contributed by atoms with Crippen molar-refractivity contribution < 1.29 is 32.4 Å². The van der Waals surface area contributed by atoms with Gasteiger partial charge in [0.25, 0.3) is 15.9 Å². The van der Waals surface area contributed by atoms with Crippen molar-refractivity contribution in [2.75, 3.05) is 20.1 Å². The monoisotopic (exact) mass is 724 g/mol. The van der Waals surface area contributed by atoms with Gasteiger partial charge in [0.2, 0.25) is 17.6 Å². The van der Waals surface area contributed by atoms with Crippen molar-refractivity contribution in [3.63, 3.8) is 0 Å². The maximum Gasteiger partial charge on any atom is 0.315 e. The Morgan fingerprint density at radius 1 is 1.06 bits per heavy atom. The van der Waals surface area contributed by atoms with E-state index >= 15 is 0 Å².